The Labute approximate surface area is 104 Å². The van der Waals surface area contributed by atoms with Crippen LogP contribution in [0.2, 0.25) is 0 Å². The molecule has 1 aliphatic rings. The van der Waals surface area contributed by atoms with Crippen molar-refractivity contribution >= 4 is 0 Å². The molecule has 0 spiro atoms. The Kier molecular flexibility index (Phi) is 4.40. The minimum atomic E-state index is 0.709. The number of hydrogen-bond acceptors (Lipinski definition) is 3. The predicted octanol–water partition coefficient (Wildman–Crippen LogP) is 1.88. The van der Waals surface area contributed by atoms with Crippen LogP contribution in [0.5, 0.6) is 5.75 Å². The van der Waals surface area contributed by atoms with Crippen LogP contribution in [0.1, 0.15) is 18.4 Å². The van der Waals surface area contributed by atoms with Gasteiger partial charge in [-0.2, -0.15) is 0 Å². The van der Waals surface area contributed by atoms with Crippen LogP contribution in [-0.2, 0) is 6.54 Å². The number of likely N-dealkylation sites (tertiary alicyclic amines) is 1. The summed E-state index contributed by atoms with van der Waals surface area (Å²) < 4.78 is 5.22. The average molecular weight is 234 g/mol. The van der Waals surface area contributed by atoms with Gasteiger partial charge in [0.15, 0.2) is 0 Å². The van der Waals surface area contributed by atoms with Gasteiger partial charge in [-0.05, 0) is 44.1 Å². The quantitative estimate of drug-likeness (QED) is 0.842. The number of ether oxygens (including phenoxy) is 1. The van der Waals surface area contributed by atoms with Crippen molar-refractivity contribution < 1.29 is 4.74 Å². The Hall–Kier alpha value is -1.06. The molecule has 1 N–H and O–H groups in total. The fraction of sp³-hybridized carbons (Fsp3) is 0.571. The molecule has 1 saturated heterocycles. The van der Waals surface area contributed by atoms with E-state index < -0.39 is 0 Å². The first-order valence-electron chi connectivity index (χ1n) is 6.33. The fourth-order valence-electron chi connectivity index (χ4n) is 2.40. The molecule has 0 saturated carbocycles. The van der Waals surface area contributed by atoms with E-state index in [1.165, 1.54) is 24.9 Å². The maximum atomic E-state index is 5.22. The fourth-order valence-corrected chi connectivity index (χ4v) is 2.40. The molecule has 3 nitrogen and oxygen atoms in total. The number of likely N-dealkylation sites (N-methyl/N-ethyl adjacent to an activating group) is 1. The highest BCUT2D eigenvalue weighted by Crippen LogP contribution is 2.15. The second-order valence-electron chi connectivity index (χ2n) is 4.76. The van der Waals surface area contributed by atoms with Crippen LogP contribution in [-0.4, -0.2) is 38.2 Å². The van der Waals surface area contributed by atoms with E-state index in [2.05, 4.69) is 29.4 Å². The molecule has 1 aliphatic heterocycles. The van der Waals surface area contributed by atoms with Crippen molar-refractivity contribution in [2.45, 2.75) is 25.4 Å². The van der Waals surface area contributed by atoms with Gasteiger partial charge in [-0.3, -0.25) is 0 Å². The maximum Gasteiger partial charge on any atom is 0.119 e. The van der Waals surface area contributed by atoms with Crippen LogP contribution in [0.3, 0.4) is 0 Å². The minimum absolute atomic E-state index is 0.709. The highest BCUT2D eigenvalue weighted by Gasteiger charge is 2.19. The second kappa shape index (κ2) is 6.03. The van der Waals surface area contributed by atoms with Crippen LogP contribution in [0.15, 0.2) is 24.3 Å². The molecule has 0 aliphatic carbocycles. The van der Waals surface area contributed by atoms with Gasteiger partial charge in [-0.1, -0.05) is 12.1 Å². The number of hydrogen-bond donors (Lipinski definition) is 1. The molecule has 2 rings (SSSR count). The molecule has 17 heavy (non-hydrogen) atoms. The summed E-state index contributed by atoms with van der Waals surface area (Å²) in [5.41, 5.74) is 1.28. The van der Waals surface area contributed by atoms with Gasteiger partial charge in [0.2, 0.25) is 0 Å². The summed E-state index contributed by atoms with van der Waals surface area (Å²) in [5, 5.41) is 3.53. The number of nitrogens with one attached hydrogen (secondary N) is 1. The Balaban J connectivity index is 1.77. The van der Waals surface area contributed by atoms with Gasteiger partial charge in [0.05, 0.1) is 7.11 Å². The molecule has 0 amide bonds. The van der Waals surface area contributed by atoms with E-state index in [0.717, 1.165) is 18.8 Å². The molecule has 1 unspecified atom stereocenters. The third-order valence-electron chi connectivity index (χ3n) is 3.51. The highest BCUT2D eigenvalue weighted by atomic mass is 16.5. The first-order valence-corrected chi connectivity index (χ1v) is 6.33. The molecule has 1 aromatic rings. The molecule has 0 bridgehead atoms. The molecule has 0 radical (unpaired) electrons. The Morgan fingerprint density at radius 1 is 1.47 bits per heavy atom. The summed E-state index contributed by atoms with van der Waals surface area (Å²) in [6.45, 7) is 3.24. The van der Waals surface area contributed by atoms with Gasteiger partial charge in [0.25, 0.3) is 0 Å². The number of methoxy groups -OCH3 is 1. The average Bonchev–Trinajstić information content (AvgIpc) is 2.76. The Morgan fingerprint density at radius 3 is 3.06 bits per heavy atom. The minimum Gasteiger partial charge on any atom is -0.497 e. The largest absolute Gasteiger partial charge is 0.497 e. The molecule has 1 fully saturated rings. The highest BCUT2D eigenvalue weighted by molar-refractivity contribution is 5.28. The van der Waals surface area contributed by atoms with Crippen molar-refractivity contribution in [2.75, 3.05) is 27.2 Å². The van der Waals surface area contributed by atoms with E-state index in [4.69, 9.17) is 4.74 Å². The lowest BCUT2D eigenvalue weighted by atomic mass is 10.2. The van der Waals surface area contributed by atoms with Crippen molar-refractivity contribution in [2.24, 2.45) is 0 Å². The number of benzene rings is 1. The van der Waals surface area contributed by atoms with Gasteiger partial charge < -0.3 is 15.0 Å². The van der Waals surface area contributed by atoms with Gasteiger partial charge in [-0.25, -0.2) is 0 Å². The van der Waals surface area contributed by atoms with Crippen molar-refractivity contribution in [1.29, 1.82) is 0 Å². The topological polar surface area (TPSA) is 24.5 Å². The van der Waals surface area contributed by atoms with E-state index in [-0.39, 0.29) is 0 Å². The molecule has 1 heterocycles. The van der Waals surface area contributed by atoms with Gasteiger partial charge >= 0.3 is 0 Å². The zero-order valence-corrected chi connectivity index (χ0v) is 10.8. The van der Waals surface area contributed by atoms with Crippen LogP contribution in [0.25, 0.3) is 0 Å². The summed E-state index contributed by atoms with van der Waals surface area (Å²) in [7, 11) is 3.92. The van der Waals surface area contributed by atoms with Crippen molar-refractivity contribution in [3.63, 3.8) is 0 Å². The van der Waals surface area contributed by atoms with E-state index in [1.807, 2.05) is 12.1 Å². The van der Waals surface area contributed by atoms with Crippen molar-refractivity contribution in [1.82, 2.24) is 10.2 Å². The summed E-state index contributed by atoms with van der Waals surface area (Å²) >= 11 is 0. The monoisotopic (exact) mass is 234 g/mol. The second-order valence-corrected chi connectivity index (χ2v) is 4.76. The normalized spacial score (nSPS) is 20.7. The van der Waals surface area contributed by atoms with Crippen LogP contribution in [0.4, 0.5) is 0 Å². The van der Waals surface area contributed by atoms with E-state index in [1.54, 1.807) is 7.11 Å². The lowest BCUT2D eigenvalue weighted by molar-refractivity contribution is 0.300. The summed E-state index contributed by atoms with van der Waals surface area (Å²) in [6, 6.07) is 8.95. The molecule has 3 heteroatoms. The predicted molar refractivity (Wildman–Crippen MR) is 70.4 cm³/mol. The van der Waals surface area contributed by atoms with Crippen molar-refractivity contribution in [3.05, 3.63) is 29.8 Å². The van der Waals surface area contributed by atoms with E-state index >= 15 is 0 Å². The van der Waals surface area contributed by atoms with Gasteiger partial charge in [0.1, 0.15) is 5.75 Å². The van der Waals surface area contributed by atoms with Gasteiger partial charge in [-0.15, -0.1) is 0 Å². The smallest absolute Gasteiger partial charge is 0.119 e. The maximum absolute atomic E-state index is 5.22. The number of rotatable bonds is 5. The lowest BCUT2D eigenvalue weighted by Crippen LogP contribution is -2.35. The molecule has 1 aromatic carbocycles. The summed E-state index contributed by atoms with van der Waals surface area (Å²) in [5.74, 6) is 0.933. The molecule has 0 aromatic heterocycles. The van der Waals surface area contributed by atoms with Crippen LogP contribution >= 0.6 is 0 Å². The van der Waals surface area contributed by atoms with Crippen LogP contribution < -0.4 is 10.1 Å². The van der Waals surface area contributed by atoms with E-state index in [0.29, 0.717) is 6.04 Å². The zero-order valence-electron chi connectivity index (χ0n) is 10.8. The SMILES string of the molecule is COc1cccc(CNCC2CCCN2C)c1. The Bertz CT molecular complexity index is 354. The first-order chi connectivity index (χ1) is 8.29. The van der Waals surface area contributed by atoms with Gasteiger partial charge in [0, 0.05) is 19.1 Å². The summed E-state index contributed by atoms with van der Waals surface area (Å²) in [4.78, 5) is 2.44. The molecular weight excluding hydrogens is 212 g/mol. The van der Waals surface area contributed by atoms with E-state index in [9.17, 15) is 0 Å². The molecule has 94 valence electrons. The zero-order chi connectivity index (χ0) is 12.1. The van der Waals surface area contributed by atoms with Crippen molar-refractivity contribution in [3.8, 4) is 5.75 Å². The van der Waals surface area contributed by atoms with Crippen LogP contribution in [0, 0.1) is 0 Å². The third-order valence-corrected chi connectivity index (χ3v) is 3.51. The lowest BCUT2D eigenvalue weighted by Gasteiger charge is -2.19. The first kappa shape index (κ1) is 12.4. The Morgan fingerprint density at radius 2 is 2.35 bits per heavy atom. The summed E-state index contributed by atoms with van der Waals surface area (Å²) in [6.07, 6.45) is 2.66. The number of nitrogens with zero attached hydrogens (tertiary/aromatic N) is 1. The molecular formula is C14H22N2O. The third kappa shape index (κ3) is 3.45. The standard InChI is InChI=1S/C14H22N2O/c1-16-8-4-6-13(16)11-15-10-12-5-3-7-14(9-12)17-2/h3,5,7,9,13,15H,4,6,8,10-11H2,1-2H3. The molecule has 1 atom stereocenters.